The zero-order chi connectivity index (χ0) is 11.0. The number of anilines is 1. The summed E-state index contributed by atoms with van der Waals surface area (Å²) >= 11 is 0. The molecule has 0 radical (unpaired) electrons. The number of nitrogens with one attached hydrogen (secondary N) is 1. The van der Waals surface area contributed by atoms with Crippen molar-refractivity contribution < 1.29 is 0 Å². The van der Waals surface area contributed by atoms with Crippen molar-refractivity contribution in [2.24, 2.45) is 0 Å². The fourth-order valence-corrected chi connectivity index (χ4v) is 2.82. The average molecular weight is 217 g/mol. The fourth-order valence-electron chi connectivity index (χ4n) is 2.82. The zero-order valence-electron chi connectivity index (χ0n) is 9.82. The number of aromatic nitrogens is 1. The molecular formula is C13H19N3. The summed E-state index contributed by atoms with van der Waals surface area (Å²) in [6.07, 6.45) is 5.72. The SMILES string of the molecule is CCc1ccc(N2CC3CCC(C2)N3)cn1. The average Bonchev–Trinajstić information content (AvgIpc) is 2.68. The third-order valence-corrected chi connectivity index (χ3v) is 3.75. The van der Waals surface area contributed by atoms with Crippen LogP contribution >= 0.6 is 0 Å². The van der Waals surface area contributed by atoms with Crippen LogP contribution in [0, 0.1) is 0 Å². The first kappa shape index (κ1) is 10.1. The number of aryl methyl sites for hydroxylation is 1. The molecule has 2 bridgehead atoms. The highest BCUT2D eigenvalue weighted by molar-refractivity contribution is 5.46. The molecule has 16 heavy (non-hydrogen) atoms. The van der Waals surface area contributed by atoms with Crippen molar-refractivity contribution >= 4 is 5.69 Å². The summed E-state index contributed by atoms with van der Waals surface area (Å²) in [7, 11) is 0. The molecule has 2 fully saturated rings. The van der Waals surface area contributed by atoms with Gasteiger partial charge < -0.3 is 10.2 Å². The van der Waals surface area contributed by atoms with E-state index in [0.717, 1.165) is 19.5 Å². The van der Waals surface area contributed by atoms with Gasteiger partial charge in [0.1, 0.15) is 0 Å². The number of rotatable bonds is 2. The van der Waals surface area contributed by atoms with Gasteiger partial charge in [-0.25, -0.2) is 0 Å². The van der Waals surface area contributed by atoms with E-state index in [1.807, 2.05) is 6.20 Å². The first-order valence-corrected chi connectivity index (χ1v) is 6.31. The molecule has 2 saturated heterocycles. The van der Waals surface area contributed by atoms with Crippen molar-refractivity contribution in [1.29, 1.82) is 0 Å². The lowest BCUT2D eigenvalue weighted by Gasteiger charge is -2.34. The second-order valence-electron chi connectivity index (χ2n) is 4.90. The topological polar surface area (TPSA) is 28.2 Å². The number of pyridine rings is 1. The minimum atomic E-state index is 0.699. The van der Waals surface area contributed by atoms with Crippen LogP contribution in [0.1, 0.15) is 25.5 Å². The molecule has 1 aromatic heterocycles. The van der Waals surface area contributed by atoms with E-state index in [4.69, 9.17) is 0 Å². The third-order valence-electron chi connectivity index (χ3n) is 3.75. The highest BCUT2D eigenvalue weighted by Gasteiger charge is 2.32. The molecule has 2 aliphatic rings. The molecule has 3 heteroatoms. The van der Waals surface area contributed by atoms with Crippen LogP contribution in [0.25, 0.3) is 0 Å². The van der Waals surface area contributed by atoms with E-state index in [1.54, 1.807) is 0 Å². The van der Waals surface area contributed by atoms with Gasteiger partial charge in [0.2, 0.25) is 0 Å². The highest BCUT2D eigenvalue weighted by atomic mass is 15.2. The Morgan fingerprint density at radius 3 is 2.62 bits per heavy atom. The van der Waals surface area contributed by atoms with Crippen LogP contribution in [0.3, 0.4) is 0 Å². The summed E-state index contributed by atoms with van der Waals surface area (Å²) in [6, 6.07) is 5.77. The predicted octanol–water partition coefficient (Wildman–Crippen LogP) is 1.58. The van der Waals surface area contributed by atoms with E-state index in [-0.39, 0.29) is 0 Å². The van der Waals surface area contributed by atoms with Crippen molar-refractivity contribution in [2.75, 3.05) is 18.0 Å². The first-order valence-electron chi connectivity index (χ1n) is 6.31. The van der Waals surface area contributed by atoms with Gasteiger partial charge in [0.15, 0.2) is 0 Å². The Morgan fingerprint density at radius 2 is 2.06 bits per heavy atom. The van der Waals surface area contributed by atoms with Gasteiger partial charge in [-0.3, -0.25) is 4.98 Å². The molecule has 2 unspecified atom stereocenters. The van der Waals surface area contributed by atoms with Crippen LogP contribution in [0.15, 0.2) is 18.3 Å². The van der Waals surface area contributed by atoms with Gasteiger partial charge in [-0.15, -0.1) is 0 Å². The molecular weight excluding hydrogens is 198 g/mol. The third kappa shape index (κ3) is 1.80. The smallest absolute Gasteiger partial charge is 0.0554 e. The number of nitrogens with zero attached hydrogens (tertiary/aromatic N) is 2. The van der Waals surface area contributed by atoms with Crippen LogP contribution in [0.2, 0.25) is 0 Å². The number of fused-ring (bicyclic) bond motifs is 2. The lowest BCUT2D eigenvalue weighted by Crippen LogP contribution is -2.51. The molecule has 86 valence electrons. The van der Waals surface area contributed by atoms with Crippen molar-refractivity contribution in [3.05, 3.63) is 24.0 Å². The van der Waals surface area contributed by atoms with Gasteiger partial charge in [-0.05, 0) is 31.4 Å². The van der Waals surface area contributed by atoms with Crippen molar-refractivity contribution in [3.63, 3.8) is 0 Å². The Morgan fingerprint density at radius 1 is 1.31 bits per heavy atom. The molecule has 0 amide bonds. The minimum Gasteiger partial charge on any atom is -0.367 e. The standard InChI is InChI=1S/C13H19N3/c1-2-10-5-6-13(7-14-10)16-8-11-3-4-12(9-16)15-11/h5-7,11-12,15H,2-4,8-9H2,1H3. The second kappa shape index (κ2) is 4.06. The maximum Gasteiger partial charge on any atom is 0.0554 e. The minimum absolute atomic E-state index is 0.699. The molecule has 1 aromatic rings. The van der Waals surface area contributed by atoms with Gasteiger partial charge in [0.25, 0.3) is 0 Å². The summed E-state index contributed by atoms with van der Waals surface area (Å²) < 4.78 is 0. The van der Waals surface area contributed by atoms with Crippen LogP contribution in [0.5, 0.6) is 0 Å². The lowest BCUT2D eigenvalue weighted by atomic mass is 10.2. The molecule has 2 aliphatic heterocycles. The molecule has 0 aromatic carbocycles. The van der Waals surface area contributed by atoms with Gasteiger partial charge >= 0.3 is 0 Å². The molecule has 0 aliphatic carbocycles. The van der Waals surface area contributed by atoms with Crippen LogP contribution in [0.4, 0.5) is 5.69 Å². The van der Waals surface area contributed by atoms with E-state index in [1.165, 1.54) is 24.2 Å². The summed E-state index contributed by atoms with van der Waals surface area (Å²) in [6.45, 7) is 4.43. The molecule has 0 saturated carbocycles. The van der Waals surface area contributed by atoms with Gasteiger partial charge in [-0.1, -0.05) is 6.92 Å². The number of hydrogen-bond acceptors (Lipinski definition) is 3. The Bertz CT molecular complexity index is 348. The highest BCUT2D eigenvalue weighted by Crippen LogP contribution is 2.24. The Balaban J connectivity index is 1.76. The van der Waals surface area contributed by atoms with Gasteiger partial charge in [0, 0.05) is 30.9 Å². The zero-order valence-corrected chi connectivity index (χ0v) is 9.82. The maximum absolute atomic E-state index is 4.48. The van der Waals surface area contributed by atoms with E-state index in [9.17, 15) is 0 Å². The van der Waals surface area contributed by atoms with E-state index < -0.39 is 0 Å². The van der Waals surface area contributed by atoms with Crippen molar-refractivity contribution in [2.45, 2.75) is 38.3 Å². The quantitative estimate of drug-likeness (QED) is 0.815. The van der Waals surface area contributed by atoms with Crippen LogP contribution in [-0.2, 0) is 6.42 Å². The van der Waals surface area contributed by atoms with E-state index in [2.05, 4.69) is 34.3 Å². The fraction of sp³-hybridized carbons (Fsp3) is 0.615. The first-order chi connectivity index (χ1) is 7.85. The van der Waals surface area contributed by atoms with E-state index >= 15 is 0 Å². The summed E-state index contributed by atoms with van der Waals surface area (Å²) in [5.41, 5.74) is 2.47. The summed E-state index contributed by atoms with van der Waals surface area (Å²) in [4.78, 5) is 6.96. The molecule has 3 heterocycles. The molecule has 3 rings (SSSR count). The second-order valence-corrected chi connectivity index (χ2v) is 4.90. The molecule has 1 N–H and O–H groups in total. The largest absolute Gasteiger partial charge is 0.367 e. The van der Waals surface area contributed by atoms with E-state index in [0.29, 0.717) is 12.1 Å². The van der Waals surface area contributed by atoms with Crippen molar-refractivity contribution in [1.82, 2.24) is 10.3 Å². The van der Waals surface area contributed by atoms with Crippen LogP contribution in [-0.4, -0.2) is 30.2 Å². The predicted molar refractivity (Wildman–Crippen MR) is 65.8 cm³/mol. The van der Waals surface area contributed by atoms with Gasteiger partial charge in [-0.2, -0.15) is 0 Å². The molecule has 2 atom stereocenters. The number of hydrogen-bond donors (Lipinski definition) is 1. The Hall–Kier alpha value is -1.09. The number of piperazine rings is 1. The monoisotopic (exact) mass is 217 g/mol. The molecule has 3 nitrogen and oxygen atoms in total. The normalized spacial score (nSPS) is 28.4. The van der Waals surface area contributed by atoms with Gasteiger partial charge in [0.05, 0.1) is 11.9 Å². The summed E-state index contributed by atoms with van der Waals surface area (Å²) in [5.74, 6) is 0. The Kier molecular flexibility index (Phi) is 2.56. The van der Waals surface area contributed by atoms with Crippen LogP contribution < -0.4 is 10.2 Å². The maximum atomic E-state index is 4.48. The Labute approximate surface area is 96.9 Å². The molecule has 0 spiro atoms. The summed E-state index contributed by atoms with van der Waals surface area (Å²) in [5, 5.41) is 3.65. The van der Waals surface area contributed by atoms with Crippen molar-refractivity contribution in [3.8, 4) is 0 Å². The lowest BCUT2D eigenvalue weighted by molar-refractivity contribution is 0.465.